The molecule has 0 aliphatic carbocycles. The van der Waals surface area contributed by atoms with Crippen LogP contribution in [-0.2, 0) is 9.53 Å². The van der Waals surface area contributed by atoms with Crippen LogP contribution in [-0.4, -0.2) is 29.8 Å². The maximum atomic E-state index is 10.2. The van der Waals surface area contributed by atoms with Crippen LogP contribution in [0.4, 0.5) is 0 Å². The average Bonchev–Trinajstić information content (AvgIpc) is 1.88. The van der Waals surface area contributed by atoms with E-state index in [4.69, 9.17) is 9.84 Å². The summed E-state index contributed by atoms with van der Waals surface area (Å²) in [5.41, 5.74) is 0. The molecule has 1 saturated heterocycles. The van der Waals surface area contributed by atoms with Crippen LogP contribution < -0.4 is 29.6 Å². The predicted molar refractivity (Wildman–Crippen MR) is 37.7 cm³/mol. The molecule has 2 N–H and O–H groups in total. The number of carbonyl (C=O) groups is 1. The summed E-state index contributed by atoms with van der Waals surface area (Å²) in [6.45, 7) is 1.47. The van der Waals surface area contributed by atoms with Crippen LogP contribution in [0, 0.1) is 5.92 Å². The van der Waals surface area contributed by atoms with Gasteiger partial charge in [0, 0.05) is 19.6 Å². The zero-order valence-electron chi connectivity index (χ0n) is 7.32. The number of hydrogen-bond donors (Lipinski definition) is 1. The minimum atomic E-state index is -0.688. The summed E-state index contributed by atoms with van der Waals surface area (Å²) in [7, 11) is 0. The summed E-state index contributed by atoms with van der Waals surface area (Å²) in [4.78, 5) is 10.2. The molecular weight excluding hydrogens is 171 g/mol. The van der Waals surface area contributed by atoms with E-state index in [2.05, 4.69) is 0 Å². The van der Waals surface area contributed by atoms with Crippen LogP contribution >= 0.6 is 0 Å². The molecule has 1 fully saturated rings. The van der Waals surface area contributed by atoms with Crippen molar-refractivity contribution in [2.24, 2.45) is 5.92 Å². The first-order chi connectivity index (χ1) is 4.79. The van der Waals surface area contributed by atoms with Crippen LogP contribution in [0.2, 0.25) is 0 Å². The Hall–Kier alpha value is 0.390. The van der Waals surface area contributed by atoms with Gasteiger partial charge in [0.1, 0.15) is 0 Å². The van der Waals surface area contributed by atoms with Crippen molar-refractivity contribution in [3.63, 3.8) is 0 Å². The van der Waals surface area contributed by atoms with Gasteiger partial charge in [-0.05, 0) is 18.8 Å². The third-order valence-electron chi connectivity index (χ3n) is 1.80. The summed E-state index contributed by atoms with van der Waals surface area (Å²) in [5.74, 6) is -0.335. The van der Waals surface area contributed by atoms with E-state index in [1.54, 1.807) is 0 Å². The quantitative estimate of drug-likeness (QED) is 0.490. The zero-order valence-corrected chi connectivity index (χ0v) is 9.32. The molecule has 0 saturated carbocycles. The third-order valence-corrected chi connectivity index (χ3v) is 1.80. The van der Waals surface area contributed by atoms with E-state index >= 15 is 0 Å². The van der Waals surface area contributed by atoms with Crippen LogP contribution in [0.3, 0.4) is 0 Å². The molecule has 0 atom stereocenters. The second-order valence-corrected chi connectivity index (χ2v) is 2.65. The molecule has 1 heterocycles. The minimum Gasteiger partial charge on any atom is -0.870 e. The van der Waals surface area contributed by atoms with Gasteiger partial charge in [0.05, 0.1) is 0 Å². The normalized spacial score (nSPS) is 17.3. The van der Waals surface area contributed by atoms with Crippen molar-refractivity contribution in [2.45, 2.75) is 19.3 Å². The molecule has 0 aromatic rings. The summed E-state index contributed by atoms with van der Waals surface area (Å²) >= 11 is 0. The Labute approximate surface area is 93.9 Å². The minimum absolute atomic E-state index is 0. The van der Waals surface area contributed by atoms with Crippen molar-refractivity contribution in [3.8, 4) is 0 Å². The first-order valence-corrected chi connectivity index (χ1v) is 3.58. The molecule has 5 heteroatoms. The molecule has 4 nitrogen and oxygen atoms in total. The predicted octanol–water partition coefficient (Wildman–Crippen LogP) is -2.29. The molecule has 12 heavy (non-hydrogen) atoms. The zero-order chi connectivity index (χ0) is 7.40. The molecule has 0 amide bonds. The average molecular weight is 184 g/mol. The van der Waals surface area contributed by atoms with E-state index in [0.717, 1.165) is 26.1 Å². The second-order valence-electron chi connectivity index (χ2n) is 2.65. The maximum absolute atomic E-state index is 10.2. The van der Waals surface area contributed by atoms with Crippen molar-refractivity contribution >= 4 is 5.97 Å². The van der Waals surface area contributed by atoms with Crippen LogP contribution in [0.25, 0.3) is 0 Å². The number of aliphatic carboxylic acids is 1. The van der Waals surface area contributed by atoms with Gasteiger partial charge in [0.2, 0.25) is 0 Å². The molecule has 0 bridgehead atoms. The Morgan fingerprint density at radius 1 is 1.42 bits per heavy atom. The molecular formula is C7H13NaO4. The molecule has 1 rings (SSSR count). The van der Waals surface area contributed by atoms with Gasteiger partial charge in [-0.3, -0.25) is 4.79 Å². The van der Waals surface area contributed by atoms with Gasteiger partial charge >= 0.3 is 35.5 Å². The fourth-order valence-electron chi connectivity index (χ4n) is 1.20. The van der Waals surface area contributed by atoms with E-state index in [1.807, 2.05) is 0 Å². The van der Waals surface area contributed by atoms with Crippen LogP contribution in [0.5, 0.6) is 0 Å². The molecule has 0 aromatic heterocycles. The topological polar surface area (TPSA) is 76.5 Å². The summed E-state index contributed by atoms with van der Waals surface area (Å²) < 4.78 is 5.09. The number of carboxylic acids is 1. The Morgan fingerprint density at radius 3 is 2.33 bits per heavy atom. The van der Waals surface area contributed by atoms with E-state index in [-0.39, 0.29) is 35.0 Å². The molecule has 66 valence electrons. The summed E-state index contributed by atoms with van der Waals surface area (Å²) in [6.07, 6.45) is 2.13. The van der Waals surface area contributed by atoms with Crippen LogP contribution in [0.1, 0.15) is 19.3 Å². The summed E-state index contributed by atoms with van der Waals surface area (Å²) in [6, 6.07) is 0. The summed E-state index contributed by atoms with van der Waals surface area (Å²) in [5, 5.41) is 8.42. The van der Waals surface area contributed by atoms with Crippen molar-refractivity contribution in [2.75, 3.05) is 13.2 Å². The van der Waals surface area contributed by atoms with Gasteiger partial charge in [0.15, 0.2) is 0 Å². The fraction of sp³-hybridized carbons (Fsp3) is 0.857. The molecule has 0 aromatic carbocycles. The molecule has 1 aliphatic heterocycles. The maximum Gasteiger partial charge on any atom is 1.00 e. The first-order valence-electron chi connectivity index (χ1n) is 3.58. The second kappa shape index (κ2) is 8.01. The van der Waals surface area contributed by atoms with Crippen molar-refractivity contribution in [3.05, 3.63) is 0 Å². The van der Waals surface area contributed by atoms with E-state index in [1.165, 1.54) is 0 Å². The molecule has 0 spiro atoms. The number of hydrogen-bond acceptors (Lipinski definition) is 3. The molecule has 0 radical (unpaired) electrons. The van der Waals surface area contributed by atoms with Gasteiger partial charge in [-0.25, -0.2) is 0 Å². The standard InChI is InChI=1S/C7H12O3.Na.H2O/c8-7(9)5-6-1-3-10-4-2-6;;/h6H,1-5H2,(H,8,9);;1H2/q;+1;/p-1. The Kier molecular flexibility index (Phi) is 9.94. The van der Waals surface area contributed by atoms with Gasteiger partial charge in [0.25, 0.3) is 0 Å². The van der Waals surface area contributed by atoms with E-state index in [0.29, 0.717) is 12.3 Å². The van der Waals surface area contributed by atoms with Crippen molar-refractivity contribution in [1.29, 1.82) is 0 Å². The monoisotopic (exact) mass is 184 g/mol. The van der Waals surface area contributed by atoms with E-state index in [9.17, 15) is 4.79 Å². The third kappa shape index (κ3) is 5.97. The van der Waals surface area contributed by atoms with Gasteiger partial charge in [-0.1, -0.05) is 0 Å². The first kappa shape index (κ1) is 14.9. The SMILES string of the molecule is O=C(O)CC1CCOCC1.[Na+].[OH-]. The largest absolute Gasteiger partial charge is 1.00 e. The molecule has 0 unspecified atom stereocenters. The smallest absolute Gasteiger partial charge is 0.870 e. The van der Waals surface area contributed by atoms with Crippen LogP contribution in [0.15, 0.2) is 0 Å². The number of ether oxygens (including phenoxy) is 1. The van der Waals surface area contributed by atoms with Gasteiger partial charge in [-0.2, -0.15) is 0 Å². The molecule has 1 aliphatic rings. The fourth-order valence-corrected chi connectivity index (χ4v) is 1.20. The van der Waals surface area contributed by atoms with Gasteiger partial charge in [-0.15, -0.1) is 0 Å². The van der Waals surface area contributed by atoms with Crippen molar-refractivity contribution in [1.82, 2.24) is 0 Å². The number of carboxylic acid groups (broad SMARTS) is 1. The van der Waals surface area contributed by atoms with E-state index < -0.39 is 5.97 Å². The Bertz CT molecular complexity index is 123. The van der Waals surface area contributed by atoms with Gasteiger partial charge < -0.3 is 15.3 Å². The number of rotatable bonds is 2. The van der Waals surface area contributed by atoms with Crippen molar-refractivity contribution < 1.29 is 49.7 Å². The Morgan fingerprint density at radius 2 is 1.92 bits per heavy atom. The Balaban J connectivity index is 0.